The van der Waals surface area contributed by atoms with Crippen molar-refractivity contribution in [3.63, 3.8) is 0 Å². The Morgan fingerprint density at radius 2 is 2.00 bits per heavy atom. The minimum Gasteiger partial charge on any atom is -0.468 e. The SMILES string of the molecule is COC(=O)[C@H]1Cc2ccccc2CN1Cc1cc(=O)oc2cc(C)c(Cl)cc12. The number of methoxy groups -OCH3 is 1. The average molecular weight is 398 g/mol. The van der Waals surface area contributed by atoms with Crippen molar-refractivity contribution >= 4 is 28.5 Å². The van der Waals surface area contributed by atoms with Gasteiger partial charge in [0.1, 0.15) is 11.6 Å². The van der Waals surface area contributed by atoms with Crippen LogP contribution in [-0.4, -0.2) is 24.0 Å². The molecule has 0 amide bonds. The number of hydrogen-bond donors (Lipinski definition) is 0. The third kappa shape index (κ3) is 3.43. The summed E-state index contributed by atoms with van der Waals surface area (Å²) in [6, 6.07) is 12.7. The molecular formula is C22H20ClNO4. The Balaban J connectivity index is 1.77. The van der Waals surface area contributed by atoms with E-state index in [1.807, 2.05) is 36.1 Å². The molecule has 0 fully saturated rings. The zero-order chi connectivity index (χ0) is 19.8. The molecule has 1 atom stereocenters. The van der Waals surface area contributed by atoms with Gasteiger partial charge >= 0.3 is 11.6 Å². The molecule has 4 rings (SSSR count). The lowest BCUT2D eigenvalue weighted by atomic mass is 9.93. The Labute approximate surface area is 167 Å². The number of hydrogen-bond acceptors (Lipinski definition) is 5. The van der Waals surface area contributed by atoms with E-state index in [1.165, 1.54) is 18.7 Å². The van der Waals surface area contributed by atoms with Gasteiger partial charge in [-0.3, -0.25) is 9.69 Å². The van der Waals surface area contributed by atoms with Gasteiger partial charge < -0.3 is 9.15 Å². The van der Waals surface area contributed by atoms with Gasteiger partial charge in [0.2, 0.25) is 0 Å². The molecule has 0 spiro atoms. The molecular weight excluding hydrogens is 378 g/mol. The smallest absolute Gasteiger partial charge is 0.336 e. The average Bonchev–Trinajstić information content (AvgIpc) is 2.68. The number of carbonyl (C=O) groups is 1. The second-order valence-corrected chi connectivity index (χ2v) is 7.51. The van der Waals surface area contributed by atoms with Crippen LogP contribution in [0.25, 0.3) is 11.0 Å². The van der Waals surface area contributed by atoms with Crippen LogP contribution in [0.4, 0.5) is 0 Å². The van der Waals surface area contributed by atoms with E-state index in [4.69, 9.17) is 20.8 Å². The lowest BCUT2D eigenvalue weighted by Gasteiger charge is -2.35. The van der Waals surface area contributed by atoms with Crippen LogP contribution >= 0.6 is 11.6 Å². The van der Waals surface area contributed by atoms with Crippen molar-refractivity contribution in [2.45, 2.75) is 32.5 Å². The predicted molar refractivity (Wildman–Crippen MR) is 107 cm³/mol. The van der Waals surface area contributed by atoms with Crippen LogP contribution in [0.15, 0.2) is 51.7 Å². The minimum absolute atomic E-state index is 0.282. The number of nitrogens with zero attached hydrogens (tertiary/aromatic N) is 1. The largest absolute Gasteiger partial charge is 0.468 e. The van der Waals surface area contributed by atoms with Gasteiger partial charge in [-0.15, -0.1) is 0 Å². The molecule has 0 saturated carbocycles. The summed E-state index contributed by atoms with van der Waals surface area (Å²) in [6.07, 6.45) is 0.572. The van der Waals surface area contributed by atoms with Crippen LogP contribution in [0.3, 0.4) is 0 Å². The number of rotatable bonds is 3. The summed E-state index contributed by atoms with van der Waals surface area (Å²) in [7, 11) is 1.40. The van der Waals surface area contributed by atoms with Crippen LogP contribution < -0.4 is 5.63 Å². The third-order valence-electron chi connectivity index (χ3n) is 5.30. The van der Waals surface area contributed by atoms with Crippen LogP contribution in [-0.2, 0) is 29.0 Å². The molecule has 0 saturated heterocycles. The standard InChI is InChI=1S/C22H20ClNO4/c1-13-7-20-17(10-18(13)23)16(9-21(25)28-20)12-24-11-15-6-4-3-5-14(15)8-19(24)22(26)27-2/h3-7,9-10,19H,8,11-12H2,1-2H3/t19-/m1/s1. The van der Waals surface area contributed by atoms with Gasteiger partial charge in [-0.05, 0) is 47.7 Å². The molecule has 0 N–H and O–H groups in total. The monoisotopic (exact) mass is 397 g/mol. The fraction of sp³-hybridized carbons (Fsp3) is 0.273. The van der Waals surface area contributed by atoms with Crippen LogP contribution in [0, 0.1) is 6.92 Å². The molecule has 28 heavy (non-hydrogen) atoms. The van der Waals surface area contributed by atoms with Crippen LogP contribution in [0.2, 0.25) is 5.02 Å². The van der Waals surface area contributed by atoms with Gasteiger partial charge in [-0.2, -0.15) is 0 Å². The summed E-state index contributed by atoms with van der Waals surface area (Å²) in [4.78, 5) is 26.6. The first-order valence-corrected chi connectivity index (χ1v) is 9.45. The molecule has 0 aliphatic carbocycles. The van der Waals surface area contributed by atoms with Crippen molar-refractivity contribution in [1.82, 2.24) is 4.90 Å². The molecule has 2 aromatic carbocycles. The van der Waals surface area contributed by atoms with Crippen LogP contribution in [0.1, 0.15) is 22.3 Å². The zero-order valence-corrected chi connectivity index (χ0v) is 16.5. The summed E-state index contributed by atoms with van der Waals surface area (Å²) < 4.78 is 10.4. The minimum atomic E-state index is -0.420. The molecule has 0 radical (unpaired) electrons. The molecule has 0 unspecified atom stereocenters. The summed E-state index contributed by atoms with van der Waals surface area (Å²) >= 11 is 6.30. The first kappa shape index (κ1) is 18.7. The van der Waals surface area contributed by atoms with E-state index in [-0.39, 0.29) is 5.97 Å². The maximum Gasteiger partial charge on any atom is 0.336 e. The van der Waals surface area contributed by atoms with Crippen molar-refractivity contribution in [2.75, 3.05) is 7.11 Å². The van der Waals surface area contributed by atoms with Crippen LogP contribution in [0.5, 0.6) is 0 Å². The Kier molecular flexibility index (Phi) is 4.96. The van der Waals surface area contributed by atoms with Crippen molar-refractivity contribution in [3.8, 4) is 0 Å². The zero-order valence-electron chi connectivity index (χ0n) is 15.7. The predicted octanol–water partition coefficient (Wildman–Crippen LogP) is 3.85. The summed E-state index contributed by atoms with van der Waals surface area (Å²) in [5.41, 5.74) is 4.01. The highest BCUT2D eigenvalue weighted by Crippen LogP contribution is 2.29. The summed E-state index contributed by atoms with van der Waals surface area (Å²) in [6.45, 7) is 2.87. The topological polar surface area (TPSA) is 59.8 Å². The van der Waals surface area contributed by atoms with E-state index < -0.39 is 11.7 Å². The molecule has 2 heterocycles. The molecule has 0 bridgehead atoms. The maximum atomic E-state index is 12.4. The van der Waals surface area contributed by atoms with Gasteiger partial charge in [0.15, 0.2) is 0 Å². The summed E-state index contributed by atoms with van der Waals surface area (Å²) in [5, 5.41) is 1.38. The highest BCUT2D eigenvalue weighted by atomic mass is 35.5. The first-order chi connectivity index (χ1) is 13.5. The van der Waals surface area contributed by atoms with E-state index in [2.05, 4.69) is 6.07 Å². The Bertz CT molecular complexity index is 1120. The number of fused-ring (bicyclic) bond motifs is 2. The van der Waals surface area contributed by atoms with Crippen molar-refractivity contribution in [3.05, 3.63) is 80.2 Å². The van der Waals surface area contributed by atoms with Gasteiger partial charge in [0.05, 0.1) is 7.11 Å². The van der Waals surface area contributed by atoms with Gasteiger partial charge in [-0.25, -0.2) is 4.79 Å². The van der Waals surface area contributed by atoms with E-state index in [1.54, 1.807) is 6.07 Å². The second-order valence-electron chi connectivity index (χ2n) is 7.10. The van der Waals surface area contributed by atoms with Crippen molar-refractivity contribution in [1.29, 1.82) is 0 Å². The Morgan fingerprint density at radius 1 is 1.25 bits per heavy atom. The molecule has 3 aromatic rings. The molecule has 1 aliphatic rings. The number of aryl methyl sites for hydroxylation is 1. The number of carbonyl (C=O) groups excluding carboxylic acids is 1. The van der Waals surface area contributed by atoms with E-state index in [9.17, 15) is 9.59 Å². The van der Waals surface area contributed by atoms with E-state index in [0.29, 0.717) is 30.1 Å². The molecule has 6 heteroatoms. The molecule has 1 aromatic heterocycles. The number of ether oxygens (including phenoxy) is 1. The molecule has 5 nitrogen and oxygen atoms in total. The van der Waals surface area contributed by atoms with Crippen molar-refractivity contribution < 1.29 is 13.9 Å². The number of esters is 1. The lowest BCUT2D eigenvalue weighted by Crippen LogP contribution is -2.45. The van der Waals surface area contributed by atoms with Gasteiger partial charge in [0.25, 0.3) is 0 Å². The highest BCUT2D eigenvalue weighted by molar-refractivity contribution is 6.32. The lowest BCUT2D eigenvalue weighted by molar-refractivity contribution is -0.147. The van der Waals surface area contributed by atoms with Gasteiger partial charge in [0, 0.05) is 29.6 Å². The fourth-order valence-electron chi connectivity index (χ4n) is 3.81. The first-order valence-electron chi connectivity index (χ1n) is 9.08. The number of benzene rings is 2. The quantitative estimate of drug-likeness (QED) is 0.496. The number of halogens is 1. The molecule has 144 valence electrons. The third-order valence-corrected chi connectivity index (χ3v) is 5.71. The Hall–Kier alpha value is -2.63. The summed E-state index contributed by atoms with van der Waals surface area (Å²) in [5.74, 6) is -0.282. The van der Waals surface area contributed by atoms with Gasteiger partial charge in [-0.1, -0.05) is 35.9 Å². The maximum absolute atomic E-state index is 12.4. The Morgan fingerprint density at radius 3 is 2.75 bits per heavy atom. The normalized spacial score (nSPS) is 16.8. The van der Waals surface area contributed by atoms with E-state index >= 15 is 0 Å². The highest BCUT2D eigenvalue weighted by Gasteiger charge is 2.32. The van der Waals surface area contributed by atoms with E-state index in [0.717, 1.165) is 22.1 Å². The fourth-order valence-corrected chi connectivity index (χ4v) is 3.97. The van der Waals surface area contributed by atoms with Crippen molar-refractivity contribution in [2.24, 2.45) is 0 Å². The second kappa shape index (κ2) is 7.41. The molecule has 1 aliphatic heterocycles.